The molecule has 2 heteroatoms. The molecular formula is C16H22N2. The first-order valence-corrected chi connectivity index (χ1v) is 7.42. The summed E-state index contributed by atoms with van der Waals surface area (Å²) in [7, 11) is 0. The van der Waals surface area contributed by atoms with Crippen molar-refractivity contribution in [3.8, 4) is 0 Å². The Kier molecular flexibility index (Phi) is 2.41. The molecule has 1 spiro atoms. The lowest BCUT2D eigenvalue weighted by atomic mass is 9.68. The Morgan fingerprint density at radius 1 is 1.22 bits per heavy atom. The topological polar surface area (TPSA) is 15.3 Å². The Balaban J connectivity index is 1.51. The van der Waals surface area contributed by atoms with E-state index in [1.165, 1.54) is 62.0 Å². The first-order chi connectivity index (χ1) is 8.85. The van der Waals surface area contributed by atoms with Crippen LogP contribution < -0.4 is 5.32 Å². The highest BCUT2D eigenvalue weighted by Crippen LogP contribution is 2.48. The number of para-hydroxylation sites is 1. The van der Waals surface area contributed by atoms with Crippen LogP contribution in [0.25, 0.3) is 0 Å². The third kappa shape index (κ3) is 1.66. The van der Waals surface area contributed by atoms with Crippen LogP contribution in [0.3, 0.4) is 0 Å². The van der Waals surface area contributed by atoms with Crippen LogP contribution in [0.4, 0.5) is 5.69 Å². The standard InChI is InChI=1S/C16H22N2/c1-3-13-5-9-17-15(13)14(4-1)11-18-10-8-16(12-18)6-2-7-16/h1,3-4,17H,2,5-12H2. The molecule has 0 bridgehead atoms. The molecular weight excluding hydrogens is 220 g/mol. The van der Waals surface area contributed by atoms with Crippen molar-refractivity contribution in [3.63, 3.8) is 0 Å². The fraction of sp³-hybridized carbons (Fsp3) is 0.625. The molecule has 4 rings (SSSR count). The van der Waals surface area contributed by atoms with Gasteiger partial charge in [0, 0.05) is 25.3 Å². The van der Waals surface area contributed by atoms with Crippen molar-refractivity contribution >= 4 is 5.69 Å². The third-order valence-corrected chi connectivity index (χ3v) is 5.26. The van der Waals surface area contributed by atoms with E-state index >= 15 is 0 Å². The van der Waals surface area contributed by atoms with E-state index in [-0.39, 0.29) is 0 Å². The minimum Gasteiger partial charge on any atom is -0.384 e. The fourth-order valence-electron chi connectivity index (χ4n) is 4.03. The van der Waals surface area contributed by atoms with E-state index in [2.05, 4.69) is 28.4 Å². The number of anilines is 1. The van der Waals surface area contributed by atoms with Crippen LogP contribution in [-0.4, -0.2) is 24.5 Å². The second kappa shape index (κ2) is 3.99. The number of likely N-dealkylation sites (tertiary alicyclic amines) is 1. The summed E-state index contributed by atoms with van der Waals surface area (Å²) in [5, 5.41) is 3.56. The molecule has 0 atom stereocenters. The molecule has 0 amide bonds. The second-order valence-corrected chi connectivity index (χ2v) is 6.44. The summed E-state index contributed by atoms with van der Waals surface area (Å²) in [6.07, 6.45) is 7.07. The van der Waals surface area contributed by atoms with Crippen molar-refractivity contribution in [3.05, 3.63) is 29.3 Å². The van der Waals surface area contributed by atoms with Gasteiger partial charge in [-0.3, -0.25) is 4.90 Å². The molecule has 2 heterocycles. The van der Waals surface area contributed by atoms with Gasteiger partial charge in [0.2, 0.25) is 0 Å². The van der Waals surface area contributed by atoms with E-state index in [4.69, 9.17) is 0 Å². The molecule has 0 unspecified atom stereocenters. The SMILES string of the molecule is c1cc2c(c(CN3CCC4(CCC4)C3)c1)NCC2. The highest BCUT2D eigenvalue weighted by Gasteiger charge is 2.42. The van der Waals surface area contributed by atoms with Crippen molar-refractivity contribution in [2.24, 2.45) is 5.41 Å². The lowest BCUT2D eigenvalue weighted by molar-refractivity contribution is 0.137. The van der Waals surface area contributed by atoms with Gasteiger partial charge in [-0.05, 0) is 48.8 Å². The van der Waals surface area contributed by atoms with Gasteiger partial charge in [0.05, 0.1) is 0 Å². The van der Waals surface area contributed by atoms with Gasteiger partial charge in [-0.1, -0.05) is 24.6 Å². The summed E-state index contributed by atoms with van der Waals surface area (Å²) in [5.41, 5.74) is 5.20. The van der Waals surface area contributed by atoms with Crippen LogP contribution in [0.1, 0.15) is 36.8 Å². The summed E-state index contributed by atoms with van der Waals surface area (Å²) in [5.74, 6) is 0. The van der Waals surface area contributed by atoms with Gasteiger partial charge in [-0.25, -0.2) is 0 Å². The van der Waals surface area contributed by atoms with Crippen molar-refractivity contribution in [1.29, 1.82) is 0 Å². The Bertz CT molecular complexity index is 462. The van der Waals surface area contributed by atoms with E-state index in [9.17, 15) is 0 Å². The molecule has 0 aromatic heterocycles. The molecule has 18 heavy (non-hydrogen) atoms. The number of benzene rings is 1. The van der Waals surface area contributed by atoms with Gasteiger partial charge in [0.1, 0.15) is 0 Å². The summed E-state index contributed by atoms with van der Waals surface area (Å²) in [4.78, 5) is 2.68. The number of hydrogen-bond acceptors (Lipinski definition) is 2. The molecule has 2 fully saturated rings. The Morgan fingerprint density at radius 2 is 2.17 bits per heavy atom. The Labute approximate surface area is 109 Å². The average molecular weight is 242 g/mol. The van der Waals surface area contributed by atoms with Crippen LogP contribution in [0.5, 0.6) is 0 Å². The lowest BCUT2D eigenvalue weighted by Crippen LogP contribution is -2.32. The quantitative estimate of drug-likeness (QED) is 0.857. The van der Waals surface area contributed by atoms with Crippen molar-refractivity contribution < 1.29 is 0 Å². The zero-order valence-corrected chi connectivity index (χ0v) is 11.0. The predicted molar refractivity (Wildman–Crippen MR) is 74.8 cm³/mol. The van der Waals surface area contributed by atoms with E-state index in [1.807, 2.05) is 0 Å². The molecule has 1 saturated heterocycles. The van der Waals surface area contributed by atoms with E-state index < -0.39 is 0 Å². The van der Waals surface area contributed by atoms with Crippen molar-refractivity contribution in [1.82, 2.24) is 4.90 Å². The molecule has 1 N–H and O–H groups in total. The van der Waals surface area contributed by atoms with Crippen molar-refractivity contribution in [2.75, 3.05) is 25.0 Å². The summed E-state index contributed by atoms with van der Waals surface area (Å²) >= 11 is 0. The minimum atomic E-state index is 0.728. The molecule has 0 radical (unpaired) electrons. The average Bonchev–Trinajstić information content (AvgIpc) is 2.94. The summed E-state index contributed by atoms with van der Waals surface area (Å²) in [6.45, 7) is 4.93. The molecule has 96 valence electrons. The smallest absolute Gasteiger partial charge is 0.0419 e. The van der Waals surface area contributed by atoms with Crippen LogP contribution in [-0.2, 0) is 13.0 Å². The zero-order chi connectivity index (χ0) is 12.0. The minimum absolute atomic E-state index is 0.728. The molecule has 2 aliphatic heterocycles. The number of rotatable bonds is 2. The van der Waals surface area contributed by atoms with Crippen LogP contribution in [0.15, 0.2) is 18.2 Å². The maximum absolute atomic E-state index is 3.56. The van der Waals surface area contributed by atoms with Gasteiger partial charge in [-0.15, -0.1) is 0 Å². The van der Waals surface area contributed by atoms with Gasteiger partial charge < -0.3 is 5.32 Å². The summed E-state index contributed by atoms with van der Waals surface area (Å²) in [6, 6.07) is 6.81. The van der Waals surface area contributed by atoms with Gasteiger partial charge in [-0.2, -0.15) is 0 Å². The first-order valence-electron chi connectivity index (χ1n) is 7.42. The van der Waals surface area contributed by atoms with Gasteiger partial charge in [0.25, 0.3) is 0 Å². The van der Waals surface area contributed by atoms with Crippen LogP contribution in [0, 0.1) is 5.41 Å². The second-order valence-electron chi connectivity index (χ2n) is 6.44. The molecule has 1 aromatic rings. The van der Waals surface area contributed by atoms with Crippen LogP contribution >= 0.6 is 0 Å². The van der Waals surface area contributed by atoms with Gasteiger partial charge >= 0.3 is 0 Å². The van der Waals surface area contributed by atoms with Gasteiger partial charge in [0.15, 0.2) is 0 Å². The highest BCUT2D eigenvalue weighted by molar-refractivity contribution is 5.61. The molecule has 1 saturated carbocycles. The number of nitrogens with one attached hydrogen (secondary N) is 1. The molecule has 1 aliphatic carbocycles. The highest BCUT2D eigenvalue weighted by atomic mass is 15.2. The Morgan fingerprint density at radius 3 is 2.94 bits per heavy atom. The van der Waals surface area contributed by atoms with E-state index in [0.717, 1.165) is 18.5 Å². The molecule has 3 aliphatic rings. The van der Waals surface area contributed by atoms with Crippen molar-refractivity contribution in [2.45, 2.75) is 38.6 Å². The predicted octanol–water partition coefficient (Wildman–Crippen LogP) is 3.03. The van der Waals surface area contributed by atoms with E-state index in [0.29, 0.717) is 0 Å². The largest absolute Gasteiger partial charge is 0.384 e. The van der Waals surface area contributed by atoms with E-state index in [1.54, 1.807) is 0 Å². The normalized spacial score (nSPS) is 24.9. The third-order valence-electron chi connectivity index (χ3n) is 5.26. The monoisotopic (exact) mass is 242 g/mol. The number of fused-ring (bicyclic) bond motifs is 1. The zero-order valence-electron chi connectivity index (χ0n) is 11.0. The Hall–Kier alpha value is -1.02. The number of hydrogen-bond donors (Lipinski definition) is 1. The number of nitrogens with zero attached hydrogens (tertiary/aromatic N) is 1. The maximum Gasteiger partial charge on any atom is 0.0419 e. The van der Waals surface area contributed by atoms with Crippen LogP contribution in [0.2, 0.25) is 0 Å². The summed E-state index contributed by atoms with van der Waals surface area (Å²) < 4.78 is 0. The lowest BCUT2D eigenvalue weighted by Gasteiger charge is -2.38. The maximum atomic E-state index is 3.56. The molecule has 1 aromatic carbocycles. The fourth-order valence-corrected chi connectivity index (χ4v) is 4.03. The molecule has 2 nitrogen and oxygen atoms in total. The first kappa shape index (κ1) is 10.9.